The highest BCUT2D eigenvalue weighted by atomic mass is 32.2. The van der Waals surface area contributed by atoms with Gasteiger partial charge in [0.15, 0.2) is 0 Å². The standard InChI is InChI=1S/C20H25FN2O3S/c1-5-19(18-10-9-14(2)11-15(18)3)22-20(24)13-23(27(4,25)26)17-8-6-7-16(21)12-17/h6-12,19H,5,13H2,1-4H3,(H,22,24). The predicted octanol–water partition coefficient (Wildman–Crippen LogP) is 3.48. The lowest BCUT2D eigenvalue weighted by atomic mass is 9.97. The number of benzene rings is 2. The lowest BCUT2D eigenvalue weighted by molar-refractivity contribution is -0.120. The van der Waals surface area contributed by atoms with Crippen molar-refractivity contribution < 1.29 is 17.6 Å². The molecule has 0 heterocycles. The van der Waals surface area contributed by atoms with Gasteiger partial charge in [0.2, 0.25) is 15.9 Å². The molecule has 7 heteroatoms. The fourth-order valence-corrected chi connectivity index (χ4v) is 3.87. The average molecular weight is 392 g/mol. The van der Waals surface area contributed by atoms with Crippen LogP contribution >= 0.6 is 0 Å². The molecular formula is C20H25FN2O3S. The van der Waals surface area contributed by atoms with Crippen LogP contribution in [0, 0.1) is 19.7 Å². The van der Waals surface area contributed by atoms with Crippen LogP contribution in [0.1, 0.15) is 36.1 Å². The van der Waals surface area contributed by atoms with Gasteiger partial charge in [0.25, 0.3) is 0 Å². The van der Waals surface area contributed by atoms with Gasteiger partial charge >= 0.3 is 0 Å². The minimum atomic E-state index is -3.74. The van der Waals surface area contributed by atoms with Crippen molar-refractivity contribution in [2.45, 2.75) is 33.2 Å². The molecule has 0 saturated carbocycles. The molecule has 0 aliphatic heterocycles. The van der Waals surface area contributed by atoms with Crippen LogP contribution in [0.15, 0.2) is 42.5 Å². The van der Waals surface area contributed by atoms with Crippen LogP contribution in [-0.2, 0) is 14.8 Å². The van der Waals surface area contributed by atoms with E-state index < -0.39 is 28.3 Å². The van der Waals surface area contributed by atoms with Crippen molar-refractivity contribution in [3.05, 3.63) is 65.0 Å². The molecule has 0 fully saturated rings. The van der Waals surface area contributed by atoms with E-state index in [9.17, 15) is 17.6 Å². The smallest absolute Gasteiger partial charge is 0.241 e. The Morgan fingerprint density at radius 3 is 2.44 bits per heavy atom. The second kappa shape index (κ2) is 8.52. The summed E-state index contributed by atoms with van der Waals surface area (Å²) in [7, 11) is -3.74. The van der Waals surface area contributed by atoms with E-state index in [4.69, 9.17) is 0 Å². The molecule has 0 radical (unpaired) electrons. The number of anilines is 1. The summed E-state index contributed by atoms with van der Waals surface area (Å²) in [6, 6.07) is 10.9. The lowest BCUT2D eigenvalue weighted by Crippen LogP contribution is -2.41. The number of aryl methyl sites for hydroxylation is 2. The average Bonchev–Trinajstić information content (AvgIpc) is 2.57. The van der Waals surface area contributed by atoms with E-state index in [0.717, 1.165) is 33.3 Å². The van der Waals surface area contributed by atoms with Gasteiger partial charge in [0.05, 0.1) is 18.0 Å². The van der Waals surface area contributed by atoms with Gasteiger partial charge in [-0.1, -0.05) is 36.8 Å². The summed E-state index contributed by atoms with van der Waals surface area (Å²) >= 11 is 0. The molecule has 0 bridgehead atoms. The summed E-state index contributed by atoms with van der Waals surface area (Å²) in [6.45, 7) is 5.51. The van der Waals surface area contributed by atoms with Crippen molar-refractivity contribution in [3.8, 4) is 0 Å². The molecule has 2 aromatic carbocycles. The van der Waals surface area contributed by atoms with Gasteiger partial charge in [0, 0.05) is 0 Å². The monoisotopic (exact) mass is 392 g/mol. The van der Waals surface area contributed by atoms with Gasteiger partial charge in [-0.2, -0.15) is 0 Å². The highest BCUT2D eigenvalue weighted by molar-refractivity contribution is 7.92. The number of rotatable bonds is 7. The molecule has 1 unspecified atom stereocenters. The normalized spacial score (nSPS) is 12.5. The fraction of sp³-hybridized carbons (Fsp3) is 0.350. The third-order valence-corrected chi connectivity index (χ3v) is 5.47. The molecule has 1 atom stereocenters. The summed E-state index contributed by atoms with van der Waals surface area (Å²) in [6.07, 6.45) is 1.65. The molecule has 146 valence electrons. The number of sulfonamides is 1. The topological polar surface area (TPSA) is 66.5 Å². The Morgan fingerprint density at radius 2 is 1.89 bits per heavy atom. The predicted molar refractivity (Wildman–Crippen MR) is 106 cm³/mol. The molecular weight excluding hydrogens is 367 g/mol. The van der Waals surface area contributed by atoms with Gasteiger partial charge in [-0.3, -0.25) is 9.10 Å². The van der Waals surface area contributed by atoms with Crippen LogP contribution in [0.4, 0.5) is 10.1 Å². The maximum Gasteiger partial charge on any atom is 0.241 e. The number of halogens is 1. The zero-order valence-corrected chi connectivity index (χ0v) is 16.8. The van der Waals surface area contributed by atoms with E-state index in [-0.39, 0.29) is 11.7 Å². The molecule has 0 aliphatic carbocycles. The van der Waals surface area contributed by atoms with Crippen molar-refractivity contribution in [1.82, 2.24) is 5.32 Å². The zero-order valence-electron chi connectivity index (χ0n) is 16.0. The third-order valence-electron chi connectivity index (χ3n) is 4.33. The van der Waals surface area contributed by atoms with Gasteiger partial charge in [0.1, 0.15) is 12.4 Å². The highest BCUT2D eigenvalue weighted by Gasteiger charge is 2.23. The van der Waals surface area contributed by atoms with Crippen LogP contribution in [0.5, 0.6) is 0 Å². The maximum absolute atomic E-state index is 13.5. The molecule has 5 nitrogen and oxygen atoms in total. The number of carbonyl (C=O) groups is 1. The number of hydrogen-bond donors (Lipinski definition) is 1. The summed E-state index contributed by atoms with van der Waals surface area (Å²) in [5.41, 5.74) is 3.30. The van der Waals surface area contributed by atoms with Crippen LogP contribution in [0.25, 0.3) is 0 Å². The Labute approximate surface area is 160 Å². The first-order valence-electron chi connectivity index (χ1n) is 8.71. The SMILES string of the molecule is CCC(NC(=O)CN(c1cccc(F)c1)S(C)(=O)=O)c1ccc(C)cc1C. The van der Waals surface area contributed by atoms with Gasteiger partial charge in [-0.05, 0) is 49.6 Å². The molecule has 1 N–H and O–H groups in total. The summed E-state index contributed by atoms with van der Waals surface area (Å²) in [5, 5.41) is 2.89. The van der Waals surface area contributed by atoms with E-state index in [1.807, 2.05) is 39.0 Å². The number of carbonyl (C=O) groups excluding carboxylic acids is 1. The first-order chi connectivity index (χ1) is 12.6. The minimum Gasteiger partial charge on any atom is -0.348 e. The molecule has 0 saturated heterocycles. The largest absolute Gasteiger partial charge is 0.348 e. The number of nitrogens with zero attached hydrogens (tertiary/aromatic N) is 1. The van der Waals surface area contributed by atoms with Gasteiger partial charge < -0.3 is 5.32 Å². The number of amides is 1. The van der Waals surface area contributed by atoms with Crippen molar-refractivity contribution in [1.29, 1.82) is 0 Å². The molecule has 1 amide bonds. The third kappa shape index (κ3) is 5.53. The molecule has 2 rings (SSSR count). The van der Waals surface area contributed by atoms with Crippen molar-refractivity contribution in [3.63, 3.8) is 0 Å². The van der Waals surface area contributed by atoms with Crippen molar-refractivity contribution in [2.75, 3.05) is 17.1 Å². The minimum absolute atomic E-state index is 0.118. The molecule has 27 heavy (non-hydrogen) atoms. The lowest BCUT2D eigenvalue weighted by Gasteiger charge is -2.25. The Balaban J connectivity index is 2.22. The Hall–Kier alpha value is -2.41. The van der Waals surface area contributed by atoms with E-state index in [2.05, 4.69) is 5.32 Å². The van der Waals surface area contributed by atoms with Crippen molar-refractivity contribution >= 4 is 21.6 Å². The second-order valence-electron chi connectivity index (χ2n) is 6.64. The first kappa shape index (κ1) is 20.9. The Kier molecular flexibility index (Phi) is 6.59. The highest BCUT2D eigenvalue weighted by Crippen LogP contribution is 2.22. The summed E-state index contributed by atoms with van der Waals surface area (Å²) in [5.74, 6) is -1.01. The van der Waals surface area contributed by atoms with Crippen molar-refractivity contribution in [2.24, 2.45) is 0 Å². The first-order valence-corrected chi connectivity index (χ1v) is 10.6. The fourth-order valence-electron chi connectivity index (χ4n) is 3.02. The summed E-state index contributed by atoms with van der Waals surface area (Å²) < 4.78 is 38.6. The van der Waals surface area contributed by atoms with Gasteiger partial charge in [-0.15, -0.1) is 0 Å². The van der Waals surface area contributed by atoms with E-state index in [1.165, 1.54) is 18.2 Å². The van der Waals surface area contributed by atoms with E-state index >= 15 is 0 Å². The molecule has 0 aliphatic rings. The number of nitrogens with one attached hydrogen (secondary N) is 1. The Bertz CT molecular complexity index is 929. The Morgan fingerprint density at radius 1 is 1.19 bits per heavy atom. The van der Waals surface area contributed by atoms with Crippen LogP contribution < -0.4 is 9.62 Å². The van der Waals surface area contributed by atoms with Crippen LogP contribution in [0.2, 0.25) is 0 Å². The van der Waals surface area contributed by atoms with E-state index in [0.29, 0.717) is 6.42 Å². The molecule has 2 aromatic rings. The quantitative estimate of drug-likeness (QED) is 0.785. The van der Waals surface area contributed by atoms with Gasteiger partial charge in [-0.25, -0.2) is 12.8 Å². The van der Waals surface area contributed by atoms with E-state index in [1.54, 1.807) is 0 Å². The molecule has 0 aromatic heterocycles. The van der Waals surface area contributed by atoms with Crippen LogP contribution in [0.3, 0.4) is 0 Å². The maximum atomic E-state index is 13.5. The summed E-state index contributed by atoms with van der Waals surface area (Å²) in [4.78, 5) is 12.6. The number of hydrogen-bond acceptors (Lipinski definition) is 3. The second-order valence-corrected chi connectivity index (χ2v) is 8.54. The zero-order chi connectivity index (χ0) is 20.2. The van der Waals surface area contributed by atoms with Crippen LogP contribution in [-0.4, -0.2) is 27.1 Å². The molecule has 0 spiro atoms.